The highest BCUT2D eigenvalue weighted by molar-refractivity contribution is 9.10. The van der Waals surface area contributed by atoms with Gasteiger partial charge in [0, 0.05) is 13.2 Å². The molecule has 0 fully saturated rings. The normalized spacial score (nSPS) is 9.92. The molecular formula is C7H10BrN3O. The van der Waals surface area contributed by atoms with E-state index in [-0.39, 0.29) is 0 Å². The lowest BCUT2D eigenvalue weighted by Crippen LogP contribution is -2.21. The zero-order valence-electron chi connectivity index (χ0n) is 6.89. The molecule has 0 aromatic carbocycles. The molecule has 1 rings (SSSR count). The molecule has 1 aromatic heterocycles. The summed E-state index contributed by atoms with van der Waals surface area (Å²) in [7, 11) is 1.72. The molecule has 0 unspecified atom stereocenters. The predicted molar refractivity (Wildman–Crippen MR) is 50.7 cm³/mol. The summed E-state index contributed by atoms with van der Waals surface area (Å²) in [5.74, 6) is -0.454. The van der Waals surface area contributed by atoms with E-state index in [1.54, 1.807) is 17.9 Å². The van der Waals surface area contributed by atoms with Gasteiger partial charge in [0.05, 0.1) is 4.47 Å². The Kier molecular flexibility index (Phi) is 2.42. The summed E-state index contributed by atoms with van der Waals surface area (Å²) in [5, 5.41) is 0. The van der Waals surface area contributed by atoms with E-state index in [1.807, 2.05) is 6.92 Å². The fourth-order valence-corrected chi connectivity index (χ4v) is 1.50. The number of halogens is 1. The van der Waals surface area contributed by atoms with Crippen LogP contribution < -0.4 is 11.2 Å². The predicted octanol–water partition coefficient (Wildman–Crippen LogP) is 0.831. The standard InChI is InChI=1S/C7H10BrN3O/c1-4-3-11(10-2)6(5(4)8)7(9)12/h3,10H,1-2H3,(H2,9,12). The molecule has 4 nitrogen and oxygen atoms in total. The van der Waals surface area contributed by atoms with E-state index < -0.39 is 5.91 Å². The van der Waals surface area contributed by atoms with Crippen LogP contribution in [0, 0.1) is 6.92 Å². The van der Waals surface area contributed by atoms with E-state index in [0.717, 1.165) is 10.0 Å². The maximum Gasteiger partial charge on any atom is 0.268 e. The molecule has 0 saturated carbocycles. The Labute approximate surface area is 78.8 Å². The van der Waals surface area contributed by atoms with E-state index in [1.165, 1.54) is 0 Å². The summed E-state index contributed by atoms with van der Waals surface area (Å²) in [6, 6.07) is 0. The first-order valence-electron chi connectivity index (χ1n) is 3.43. The first kappa shape index (κ1) is 9.12. The molecule has 0 spiro atoms. The lowest BCUT2D eigenvalue weighted by atomic mass is 10.3. The Morgan fingerprint density at radius 2 is 2.33 bits per heavy atom. The van der Waals surface area contributed by atoms with Crippen molar-refractivity contribution in [2.24, 2.45) is 5.73 Å². The van der Waals surface area contributed by atoms with Crippen LogP contribution in [0.25, 0.3) is 0 Å². The monoisotopic (exact) mass is 231 g/mol. The van der Waals surface area contributed by atoms with Crippen molar-refractivity contribution >= 4 is 21.8 Å². The molecule has 0 aliphatic carbocycles. The zero-order valence-corrected chi connectivity index (χ0v) is 8.47. The minimum Gasteiger partial charge on any atom is -0.364 e. The third kappa shape index (κ3) is 1.32. The highest BCUT2D eigenvalue weighted by Crippen LogP contribution is 2.21. The van der Waals surface area contributed by atoms with Crippen LogP contribution in [0.1, 0.15) is 16.1 Å². The first-order valence-corrected chi connectivity index (χ1v) is 4.22. The van der Waals surface area contributed by atoms with E-state index in [2.05, 4.69) is 21.4 Å². The van der Waals surface area contributed by atoms with Crippen molar-refractivity contribution in [3.8, 4) is 0 Å². The number of rotatable bonds is 2. The smallest absolute Gasteiger partial charge is 0.268 e. The van der Waals surface area contributed by atoms with Crippen LogP contribution in [0.5, 0.6) is 0 Å². The van der Waals surface area contributed by atoms with Crippen LogP contribution in [-0.4, -0.2) is 17.6 Å². The number of nitrogens with one attached hydrogen (secondary N) is 1. The molecule has 5 heteroatoms. The van der Waals surface area contributed by atoms with Gasteiger partial charge in [-0.15, -0.1) is 0 Å². The summed E-state index contributed by atoms with van der Waals surface area (Å²) in [6.45, 7) is 1.89. The Hall–Kier alpha value is -0.970. The molecule has 0 aliphatic rings. The number of nitrogens with two attached hydrogens (primary N) is 1. The molecule has 3 N–H and O–H groups in total. The van der Waals surface area contributed by atoms with Gasteiger partial charge in [0.15, 0.2) is 0 Å². The van der Waals surface area contributed by atoms with Crippen molar-refractivity contribution in [2.45, 2.75) is 6.92 Å². The highest BCUT2D eigenvalue weighted by Gasteiger charge is 2.14. The number of primary amides is 1. The minimum atomic E-state index is -0.454. The molecule has 0 aliphatic heterocycles. The third-order valence-electron chi connectivity index (χ3n) is 1.59. The fraction of sp³-hybridized carbons (Fsp3) is 0.286. The van der Waals surface area contributed by atoms with Gasteiger partial charge in [-0.3, -0.25) is 9.47 Å². The number of carbonyl (C=O) groups excluding carboxylic acids is 1. The molecule has 1 amide bonds. The molecule has 0 radical (unpaired) electrons. The Bertz CT molecular complexity index is 319. The molecule has 0 saturated heterocycles. The van der Waals surface area contributed by atoms with Gasteiger partial charge < -0.3 is 11.2 Å². The minimum absolute atomic E-state index is 0.440. The first-order chi connectivity index (χ1) is 5.57. The van der Waals surface area contributed by atoms with Gasteiger partial charge in [-0.2, -0.15) is 0 Å². The fourth-order valence-electron chi connectivity index (χ4n) is 1.01. The van der Waals surface area contributed by atoms with Crippen LogP contribution >= 0.6 is 15.9 Å². The molecule has 1 aromatic rings. The largest absolute Gasteiger partial charge is 0.364 e. The quantitative estimate of drug-likeness (QED) is 0.793. The zero-order chi connectivity index (χ0) is 9.30. The number of aromatic nitrogens is 1. The summed E-state index contributed by atoms with van der Waals surface area (Å²) in [5.41, 5.74) is 9.41. The second kappa shape index (κ2) is 3.18. The summed E-state index contributed by atoms with van der Waals surface area (Å²) in [4.78, 5) is 10.9. The van der Waals surface area contributed by atoms with Crippen molar-refractivity contribution in [2.75, 3.05) is 12.5 Å². The van der Waals surface area contributed by atoms with Crippen LogP contribution in [0.3, 0.4) is 0 Å². The summed E-state index contributed by atoms with van der Waals surface area (Å²) in [6.07, 6.45) is 1.80. The maximum atomic E-state index is 10.9. The lowest BCUT2D eigenvalue weighted by Gasteiger charge is -2.03. The van der Waals surface area contributed by atoms with Crippen molar-refractivity contribution in [3.63, 3.8) is 0 Å². The molecule has 66 valence electrons. The van der Waals surface area contributed by atoms with E-state index >= 15 is 0 Å². The van der Waals surface area contributed by atoms with Gasteiger partial charge in [-0.25, -0.2) is 0 Å². The summed E-state index contributed by atoms with van der Waals surface area (Å²) < 4.78 is 2.33. The second-order valence-corrected chi connectivity index (χ2v) is 3.23. The van der Waals surface area contributed by atoms with Crippen molar-refractivity contribution < 1.29 is 4.79 Å². The third-order valence-corrected chi connectivity index (χ3v) is 2.59. The van der Waals surface area contributed by atoms with Crippen LogP contribution in [0.4, 0.5) is 0 Å². The SMILES string of the molecule is CNn1cc(C)c(Br)c1C(N)=O. The van der Waals surface area contributed by atoms with Crippen LogP contribution in [0.15, 0.2) is 10.7 Å². The van der Waals surface area contributed by atoms with E-state index in [9.17, 15) is 4.79 Å². The highest BCUT2D eigenvalue weighted by atomic mass is 79.9. The average molecular weight is 232 g/mol. The average Bonchev–Trinajstić information content (AvgIpc) is 2.28. The second-order valence-electron chi connectivity index (χ2n) is 2.43. The van der Waals surface area contributed by atoms with Crippen LogP contribution in [-0.2, 0) is 0 Å². The Morgan fingerprint density at radius 1 is 1.75 bits per heavy atom. The number of hydrogen-bond donors (Lipinski definition) is 2. The van der Waals surface area contributed by atoms with Gasteiger partial charge >= 0.3 is 0 Å². The van der Waals surface area contributed by atoms with Gasteiger partial charge in [0.2, 0.25) is 0 Å². The Balaban J connectivity index is 3.31. The number of nitrogens with zero attached hydrogens (tertiary/aromatic N) is 1. The molecule has 12 heavy (non-hydrogen) atoms. The van der Waals surface area contributed by atoms with Gasteiger partial charge in [-0.05, 0) is 28.4 Å². The number of amides is 1. The van der Waals surface area contributed by atoms with Gasteiger partial charge in [-0.1, -0.05) is 0 Å². The summed E-state index contributed by atoms with van der Waals surface area (Å²) >= 11 is 3.28. The van der Waals surface area contributed by atoms with Gasteiger partial charge in [0.1, 0.15) is 5.69 Å². The lowest BCUT2D eigenvalue weighted by molar-refractivity contribution is 0.0992. The van der Waals surface area contributed by atoms with Gasteiger partial charge in [0.25, 0.3) is 5.91 Å². The number of carbonyl (C=O) groups is 1. The molecule has 1 heterocycles. The van der Waals surface area contributed by atoms with Crippen LogP contribution in [0.2, 0.25) is 0 Å². The van der Waals surface area contributed by atoms with Crippen molar-refractivity contribution in [3.05, 3.63) is 21.9 Å². The molecule has 0 atom stereocenters. The van der Waals surface area contributed by atoms with Crippen molar-refractivity contribution in [1.82, 2.24) is 4.68 Å². The molecular weight excluding hydrogens is 222 g/mol. The van der Waals surface area contributed by atoms with E-state index in [0.29, 0.717) is 5.69 Å². The number of hydrogen-bond acceptors (Lipinski definition) is 2. The van der Waals surface area contributed by atoms with E-state index in [4.69, 9.17) is 5.73 Å². The Morgan fingerprint density at radius 3 is 2.67 bits per heavy atom. The topological polar surface area (TPSA) is 60.1 Å². The van der Waals surface area contributed by atoms with Crippen molar-refractivity contribution in [1.29, 1.82) is 0 Å². The molecule has 0 bridgehead atoms. The maximum absolute atomic E-state index is 10.9. The number of aryl methyl sites for hydroxylation is 1.